The number of nitrogens with zero attached hydrogens (tertiary/aromatic N) is 2. The number of hydrogen-bond donors (Lipinski definition) is 0. The highest BCUT2D eigenvalue weighted by Crippen LogP contribution is 2.57. The molecule has 0 saturated carbocycles. The molecule has 35 heavy (non-hydrogen) atoms. The molecular formula is C33H22N2. The van der Waals surface area contributed by atoms with Crippen LogP contribution in [-0.4, -0.2) is 4.98 Å². The van der Waals surface area contributed by atoms with E-state index in [0.717, 1.165) is 25.7 Å². The van der Waals surface area contributed by atoms with Gasteiger partial charge in [0, 0.05) is 25.5 Å². The molecule has 0 unspecified atom stereocenters. The Morgan fingerprint density at radius 1 is 0.514 bits per heavy atom. The molecule has 2 heteroatoms. The zero-order valence-corrected chi connectivity index (χ0v) is 19.3. The van der Waals surface area contributed by atoms with E-state index in [2.05, 4.69) is 88.9 Å². The Morgan fingerprint density at radius 3 is 2.09 bits per heavy atom. The maximum Gasteiger partial charge on any atom is 0.0680 e. The van der Waals surface area contributed by atoms with Crippen molar-refractivity contribution in [2.75, 3.05) is 4.90 Å². The molecule has 0 radical (unpaired) electrons. The minimum absolute atomic E-state index is 0.969. The summed E-state index contributed by atoms with van der Waals surface area (Å²) >= 11 is 0. The van der Waals surface area contributed by atoms with E-state index in [1.54, 1.807) is 0 Å². The van der Waals surface area contributed by atoms with Gasteiger partial charge in [-0.3, -0.25) is 4.98 Å². The molecular weight excluding hydrogens is 424 g/mol. The largest absolute Gasteiger partial charge is 0.307 e. The zero-order valence-electron chi connectivity index (χ0n) is 19.3. The summed E-state index contributed by atoms with van der Waals surface area (Å²) in [6.07, 6.45) is 8.04. The third-order valence-electron chi connectivity index (χ3n) is 8.64. The first-order chi connectivity index (χ1) is 17.3. The predicted molar refractivity (Wildman–Crippen MR) is 141 cm³/mol. The van der Waals surface area contributed by atoms with E-state index in [1.165, 1.54) is 83.8 Å². The molecule has 0 amide bonds. The van der Waals surface area contributed by atoms with Gasteiger partial charge in [-0.1, -0.05) is 60.7 Å². The molecule has 5 aromatic rings. The standard InChI is InChI=1S/C33H22N2/c1-3-7-24-20(6-1)15-29-26(24)10-9-22-16-30-28-14-19-5-2-4-8-25(19)27(28)17-23-13-21-11-12-34-18-31(21)35(32(22)29)33(23)30/h1-12,17-18H,13-16H2. The fourth-order valence-electron chi connectivity index (χ4n) is 7.18. The molecule has 2 aliphatic heterocycles. The maximum atomic E-state index is 4.59. The van der Waals surface area contributed by atoms with E-state index in [4.69, 9.17) is 0 Å². The second kappa shape index (κ2) is 6.28. The summed E-state index contributed by atoms with van der Waals surface area (Å²) in [5.41, 5.74) is 21.4. The predicted octanol–water partition coefficient (Wildman–Crippen LogP) is 7.50. The van der Waals surface area contributed by atoms with Crippen molar-refractivity contribution in [3.63, 3.8) is 0 Å². The van der Waals surface area contributed by atoms with E-state index in [9.17, 15) is 0 Å². The van der Waals surface area contributed by atoms with E-state index >= 15 is 0 Å². The van der Waals surface area contributed by atoms with Crippen LogP contribution in [0.4, 0.5) is 17.1 Å². The van der Waals surface area contributed by atoms with Crippen molar-refractivity contribution in [1.29, 1.82) is 0 Å². The summed E-state index contributed by atoms with van der Waals surface area (Å²) in [7, 11) is 0. The highest BCUT2D eigenvalue weighted by molar-refractivity contribution is 5.97. The normalized spacial score (nSPS) is 14.9. The van der Waals surface area contributed by atoms with Crippen molar-refractivity contribution in [3.05, 3.63) is 130 Å². The quantitative estimate of drug-likeness (QED) is 0.240. The Balaban J connectivity index is 1.36. The number of anilines is 3. The van der Waals surface area contributed by atoms with E-state index in [1.807, 2.05) is 6.20 Å². The number of aromatic nitrogens is 1. The molecule has 1 aromatic heterocycles. The van der Waals surface area contributed by atoms with Gasteiger partial charge < -0.3 is 4.90 Å². The fourth-order valence-corrected chi connectivity index (χ4v) is 7.18. The monoisotopic (exact) mass is 446 g/mol. The van der Waals surface area contributed by atoms with Gasteiger partial charge in [-0.05, 0) is 85.3 Å². The van der Waals surface area contributed by atoms with Crippen molar-refractivity contribution in [3.8, 4) is 22.3 Å². The number of pyridine rings is 1. The van der Waals surface area contributed by atoms with E-state index in [-0.39, 0.29) is 0 Å². The molecule has 9 rings (SSSR count). The van der Waals surface area contributed by atoms with Crippen molar-refractivity contribution in [1.82, 2.24) is 4.98 Å². The average Bonchev–Trinajstić information content (AvgIpc) is 3.47. The van der Waals surface area contributed by atoms with Gasteiger partial charge in [-0.25, -0.2) is 0 Å². The molecule has 0 spiro atoms. The first kappa shape index (κ1) is 18.2. The molecule has 3 heterocycles. The Morgan fingerprint density at radius 2 is 1.23 bits per heavy atom. The van der Waals surface area contributed by atoms with Crippen molar-refractivity contribution >= 4 is 17.1 Å². The number of fused-ring (bicyclic) bond motifs is 12. The van der Waals surface area contributed by atoms with Crippen molar-refractivity contribution < 1.29 is 0 Å². The molecule has 0 saturated heterocycles. The minimum atomic E-state index is 0.969. The van der Waals surface area contributed by atoms with Crippen molar-refractivity contribution in [2.45, 2.75) is 25.7 Å². The van der Waals surface area contributed by atoms with Crippen LogP contribution < -0.4 is 4.90 Å². The van der Waals surface area contributed by atoms with Gasteiger partial charge in [-0.2, -0.15) is 0 Å². The van der Waals surface area contributed by atoms with Gasteiger partial charge in [0.1, 0.15) is 0 Å². The van der Waals surface area contributed by atoms with Gasteiger partial charge in [-0.15, -0.1) is 0 Å². The van der Waals surface area contributed by atoms with Gasteiger partial charge >= 0.3 is 0 Å². The second-order valence-corrected chi connectivity index (χ2v) is 10.3. The third-order valence-corrected chi connectivity index (χ3v) is 8.64. The molecule has 2 nitrogen and oxygen atoms in total. The molecule has 0 fully saturated rings. The van der Waals surface area contributed by atoms with Crippen LogP contribution in [0.15, 0.2) is 85.2 Å². The molecule has 164 valence electrons. The van der Waals surface area contributed by atoms with Gasteiger partial charge in [0.25, 0.3) is 0 Å². The van der Waals surface area contributed by atoms with Crippen LogP contribution in [0, 0.1) is 0 Å². The molecule has 0 atom stereocenters. The highest BCUT2D eigenvalue weighted by Gasteiger charge is 2.38. The van der Waals surface area contributed by atoms with Gasteiger partial charge in [0.15, 0.2) is 0 Å². The van der Waals surface area contributed by atoms with E-state index < -0.39 is 0 Å². The van der Waals surface area contributed by atoms with Crippen LogP contribution in [0.2, 0.25) is 0 Å². The molecule has 4 aliphatic rings. The van der Waals surface area contributed by atoms with Gasteiger partial charge in [0.05, 0.1) is 23.3 Å². The second-order valence-electron chi connectivity index (χ2n) is 10.3. The lowest BCUT2D eigenvalue weighted by Gasteiger charge is -2.41. The Kier molecular flexibility index (Phi) is 3.27. The van der Waals surface area contributed by atoms with Crippen LogP contribution in [0.1, 0.15) is 44.5 Å². The van der Waals surface area contributed by atoms with Crippen LogP contribution in [-0.2, 0) is 25.7 Å². The molecule has 0 N–H and O–H groups in total. The van der Waals surface area contributed by atoms with Crippen LogP contribution >= 0.6 is 0 Å². The lowest BCUT2D eigenvalue weighted by atomic mass is 9.81. The summed E-state index contributed by atoms with van der Waals surface area (Å²) in [5.74, 6) is 0. The topological polar surface area (TPSA) is 16.1 Å². The Hall–Kier alpha value is -4.17. The lowest BCUT2D eigenvalue weighted by Crippen LogP contribution is -2.27. The smallest absolute Gasteiger partial charge is 0.0680 e. The minimum Gasteiger partial charge on any atom is -0.307 e. The first-order valence-corrected chi connectivity index (χ1v) is 12.6. The summed E-state index contributed by atoms with van der Waals surface area (Å²) in [6.45, 7) is 0. The Bertz CT molecular complexity index is 1760. The molecule has 0 bridgehead atoms. The zero-order chi connectivity index (χ0) is 22.7. The molecule has 2 aliphatic carbocycles. The fraction of sp³-hybridized carbons (Fsp3) is 0.121. The van der Waals surface area contributed by atoms with Gasteiger partial charge in [0.2, 0.25) is 0 Å². The van der Waals surface area contributed by atoms with Crippen LogP contribution in [0.25, 0.3) is 22.3 Å². The summed E-state index contributed by atoms with van der Waals surface area (Å²) < 4.78 is 0. The van der Waals surface area contributed by atoms with Crippen LogP contribution in [0.5, 0.6) is 0 Å². The number of rotatable bonds is 0. The summed E-state index contributed by atoms with van der Waals surface area (Å²) in [4.78, 5) is 7.18. The first-order valence-electron chi connectivity index (χ1n) is 12.6. The maximum absolute atomic E-state index is 4.59. The summed E-state index contributed by atoms with van der Waals surface area (Å²) in [6, 6.07) is 27.4. The lowest BCUT2D eigenvalue weighted by molar-refractivity contribution is 0.977. The summed E-state index contributed by atoms with van der Waals surface area (Å²) in [5, 5.41) is 0. The SMILES string of the molecule is c1ccc2c(c1)Cc1c-2cc2c3c1Cc1ccc4c(c1N3c1cnccc1C2)Cc1ccccc1-4. The van der Waals surface area contributed by atoms with E-state index in [0.29, 0.717) is 0 Å². The Labute approximate surface area is 204 Å². The molecule has 4 aromatic carbocycles. The average molecular weight is 447 g/mol. The third kappa shape index (κ3) is 2.23. The highest BCUT2D eigenvalue weighted by atomic mass is 15.2. The van der Waals surface area contributed by atoms with Crippen molar-refractivity contribution in [2.24, 2.45) is 0 Å². The number of hydrogen-bond acceptors (Lipinski definition) is 2. The number of benzene rings is 4. The van der Waals surface area contributed by atoms with Crippen LogP contribution in [0.3, 0.4) is 0 Å².